The molecule has 2 N–H and O–H groups in total. The highest BCUT2D eigenvalue weighted by molar-refractivity contribution is 6.08. The number of carbonyl (C=O) groups excluding carboxylic acids is 4. The lowest BCUT2D eigenvalue weighted by molar-refractivity contribution is -0.142. The standard InChI is InChI=1S/C25H33N5O6/c1-7-35-22(32)13-15-29(21-10-8-9-14-27-21)23(33)18-11-12-19(26-6)20(16-18)30(17(2)31)28-24(34)36-25(3,4)5/h8-12,14,16,26H,7,13,15H2,1-6H3,(H,28,34). The van der Waals surface area contributed by atoms with E-state index in [-0.39, 0.29) is 30.8 Å². The number of hydrazine groups is 1. The van der Waals surface area contributed by atoms with Gasteiger partial charge in [-0.15, -0.1) is 0 Å². The molecule has 2 rings (SSSR count). The molecule has 0 bridgehead atoms. The zero-order valence-corrected chi connectivity index (χ0v) is 21.5. The molecule has 0 spiro atoms. The Balaban J connectivity index is 2.44. The second-order valence-electron chi connectivity index (χ2n) is 8.65. The van der Waals surface area contributed by atoms with Crippen LogP contribution in [0, 0.1) is 0 Å². The molecular formula is C25H33N5O6. The molecule has 11 heteroatoms. The minimum atomic E-state index is -0.832. The van der Waals surface area contributed by atoms with Gasteiger partial charge in [-0.25, -0.2) is 20.2 Å². The first-order valence-electron chi connectivity index (χ1n) is 11.5. The average Bonchev–Trinajstić information content (AvgIpc) is 2.81. The van der Waals surface area contributed by atoms with E-state index in [9.17, 15) is 19.2 Å². The van der Waals surface area contributed by atoms with Crippen LogP contribution in [0.1, 0.15) is 51.4 Å². The molecule has 0 aliphatic rings. The predicted octanol–water partition coefficient (Wildman–Crippen LogP) is 3.52. The smallest absolute Gasteiger partial charge is 0.427 e. The van der Waals surface area contributed by atoms with Gasteiger partial charge in [0, 0.05) is 32.3 Å². The zero-order chi connectivity index (χ0) is 26.9. The number of rotatable bonds is 8. The topological polar surface area (TPSA) is 130 Å². The quantitative estimate of drug-likeness (QED) is 0.417. The molecule has 3 amide bonds. The Kier molecular flexibility index (Phi) is 9.77. The Morgan fingerprint density at radius 3 is 2.36 bits per heavy atom. The van der Waals surface area contributed by atoms with Crippen molar-refractivity contribution in [3.8, 4) is 0 Å². The molecule has 2 aromatic rings. The monoisotopic (exact) mass is 499 g/mol. The zero-order valence-electron chi connectivity index (χ0n) is 21.5. The molecule has 0 radical (unpaired) electrons. The Hall–Kier alpha value is -4.15. The number of hydrogen-bond donors (Lipinski definition) is 2. The first-order chi connectivity index (χ1) is 17.0. The lowest BCUT2D eigenvalue weighted by atomic mass is 10.1. The third kappa shape index (κ3) is 7.97. The van der Waals surface area contributed by atoms with Gasteiger partial charge < -0.3 is 14.8 Å². The summed E-state index contributed by atoms with van der Waals surface area (Å²) in [7, 11) is 1.64. The summed E-state index contributed by atoms with van der Waals surface area (Å²) in [5, 5.41) is 3.95. The van der Waals surface area contributed by atoms with Crippen LogP contribution in [0.2, 0.25) is 0 Å². The normalized spacial score (nSPS) is 10.7. The Bertz CT molecular complexity index is 1080. The van der Waals surface area contributed by atoms with Crippen molar-refractivity contribution in [2.45, 2.75) is 46.6 Å². The summed E-state index contributed by atoms with van der Waals surface area (Å²) in [6.07, 6.45) is 0.677. The van der Waals surface area contributed by atoms with Gasteiger partial charge in [-0.2, -0.15) is 0 Å². The van der Waals surface area contributed by atoms with Gasteiger partial charge in [0.05, 0.1) is 24.4 Å². The molecule has 0 atom stereocenters. The summed E-state index contributed by atoms with van der Waals surface area (Å²) in [6.45, 7) is 8.34. The maximum absolute atomic E-state index is 13.6. The fourth-order valence-electron chi connectivity index (χ4n) is 3.19. The van der Waals surface area contributed by atoms with Gasteiger partial charge in [-0.1, -0.05) is 6.07 Å². The average molecular weight is 500 g/mol. The molecule has 0 fully saturated rings. The molecule has 0 saturated heterocycles. The number of aromatic nitrogens is 1. The van der Waals surface area contributed by atoms with Gasteiger partial charge >= 0.3 is 12.1 Å². The van der Waals surface area contributed by atoms with Crippen LogP contribution < -0.4 is 20.7 Å². The summed E-state index contributed by atoms with van der Waals surface area (Å²) < 4.78 is 10.3. The van der Waals surface area contributed by atoms with Crippen molar-refractivity contribution in [2.24, 2.45) is 0 Å². The Morgan fingerprint density at radius 1 is 1.08 bits per heavy atom. The van der Waals surface area contributed by atoms with E-state index < -0.39 is 29.5 Å². The fraction of sp³-hybridized carbons (Fsp3) is 0.400. The first kappa shape index (κ1) is 28.1. The fourth-order valence-corrected chi connectivity index (χ4v) is 3.19. The number of esters is 1. The van der Waals surface area contributed by atoms with E-state index in [0.29, 0.717) is 11.5 Å². The van der Waals surface area contributed by atoms with Gasteiger partial charge in [0.25, 0.3) is 5.91 Å². The van der Waals surface area contributed by atoms with Crippen LogP contribution in [0.5, 0.6) is 0 Å². The third-order valence-corrected chi connectivity index (χ3v) is 4.69. The molecule has 0 unspecified atom stereocenters. The molecule has 36 heavy (non-hydrogen) atoms. The highest BCUT2D eigenvalue weighted by atomic mass is 16.6. The highest BCUT2D eigenvalue weighted by Gasteiger charge is 2.25. The van der Waals surface area contributed by atoms with Crippen LogP contribution in [-0.2, 0) is 19.1 Å². The first-order valence-corrected chi connectivity index (χ1v) is 11.5. The molecule has 1 heterocycles. The molecule has 1 aromatic heterocycles. The largest absolute Gasteiger partial charge is 0.466 e. The second-order valence-corrected chi connectivity index (χ2v) is 8.65. The Morgan fingerprint density at radius 2 is 1.81 bits per heavy atom. The van der Waals surface area contributed by atoms with E-state index in [1.807, 2.05) is 0 Å². The molecule has 0 aliphatic carbocycles. The SMILES string of the molecule is CCOC(=O)CCN(C(=O)c1ccc(NC)c(N(NC(=O)OC(C)(C)C)C(C)=O)c1)c1ccccn1. The second kappa shape index (κ2) is 12.5. The van der Waals surface area contributed by atoms with Crippen molar-refractivity contribution in [2.75, 3.05) is 35.4 Å². The van der Waals surface area contributed by atoms with Crippen LogP contribution in [0.4, 0.5) is 22.0 Å². The van der Waals surface area contributed by atoms with Crippen LogP contribution in [-0.4, -0.2) is 54.7 Å². The molecular weight excluding hydrogens is 466 g/mol. The molecule has 0 saturated carbocycles. The van der Waals surface area contributed by atoms with Gasteiger partial charge in [0.2, 0.25) is 5.91 Å². The van der Waals surface area contributed by atoms with Crippen molar-refractivity contribution >= 4 is 41.1 Å². The maximum Gasteiger partial charge on any atom is 0.427 e. The van der Waals surface area contributed by atoms with E-state index in [2.05, 4.69) is 15.7 Å². The van der Waals surface area contributed by atoms with E-state index in [0.717, 1.165) is 5.01 Å². The minimum absolute atomic E-state index is 0.0304. The van der Waals surface area contributed by atoms with Crippen molar-refractivity contribution in [3.05, 3.63) is 48.2 Å². The van der Waals surface area contributed by atoms with Crippen LogP contribution in [0.3, 0.4) is 0 Å². The van der Waals surface area contributed by atoms with Gasteiger partial charge in [0.1, 0.15) is 11.4 Å². The number of nitrogens with one attached hydrogen (secondary N) is 2. The van der Waals surface area contributed by atoms with Gasteiger partial charge in [-0.3, -0.25) is 19.3 Å². The number of hydrogen-bond acceptors (Lipinski definition) is 8. The summed E-state index contributed by atoms with van der Waals surface area (Å²) in [6, 6.07) is 9.74. The number of benzene rings is 1. The van der Waals surface area contributed by atoms with Crippen molar-refractivity contribution in [1.29, 1.82) is 0 Å². The van der Waals surface area contributed by atoms with Crippen molar-refractivity contribution in [3.63, 3.8) is 0 Å². The summed E-state index contributed by atoms with van der Waals surface area (Å²) >= 11 is 0. The van der Waals surface area contributed by atoms with Crippen LogP contribution in [0.15, 0.2) is 42.6 Å². The molecule has 1 aromatic carbocycles. The molecule has 194 valence electrons. The number of anilines is 3. The van der Waals surface area contributed by atoms with E-state index in [1.54, 1.807) is 65.1 Å². The predicted molar refractivity (Wildman–Crippen MR) is 136 cm³/mol. The summed E-state index contributed by atoms with van der Waals surface area (Å²) in [5.41, 5.74) is 2.56. The summed E-state index contributed by atoms with van der Waals surface area (Å²) in [4.78, 5) is 56.0. The lowest BCUT2D eigenvalue weighted by Crippen LogP contribution is -2.47. The number of nitrogens with zero attached hydrogens (tertiary/aromatic N) is 3. The van der Waals surface area contributed by atoms with Gasteiger partial charge in [-0.05, 0) is 58.0 Å². The van der Waals surface area contributed by atoms with Gasteiger partial charge in [0.15, 0.2) is 0 Å². The third-order valence-electron chi connectivity index (χ3n) is 4.69. The van der Waals surface area contributed by atoms with Crippen molar-refractivity contribution in [1.82, 2.24) is 10.4 Å². The Labute approximate surface area is 210 Å². The van der Waals surface area contributed by atoms with Crippen molar-refractivity contribution < 1.29 is 28.7 Å². The van der Waals surface area contributed by atoms with E-state index >= 15 is 0 Å². The number of ether oxygens (including phenoxy) is 2. The minimum Gasteiger partial charge on any atom is -0.466 e. The summed E-state index contributed by atoms with van der Waals surface area (Å²) in [5.74, 6) is -1.06. The lowest BCUT2D eigenvalue weighted by Gasteiger charge is -2.27. The van der Waals surface area contributed by atoms with E-state index in [1.165, 1.54) is 24.1 Å². The van der Waals surface area contributed by atoms with Crippen LogP contribution in [0.25, 0.3) is 0 Å². The maximum atomic E-state index is 13.6. The number of pyridine rings is 1. The molecule has 0 aliphatic heterocycles. The highest BCUT2D eigenvalue weighted by Crippen LogP contribution is 2.28. The van der Waals surface area contributed by atoms with Crippen LogP contribution >= 0.6 is 0 Å². The number of carbonyl (C=O) groups is 4. The molecule has 11 nitrogen and oxygen atoms in total. The van der Waals surface area contributed by atoms with E-state index in [4.69, 9.17) is 9.47 Å². The number of amides is 3.